The maximum absolute atomic E-state index is 13.1. The molecular formula is C25H38F3N3O3. The smallest absolute Gasteiger partial charge is 0.379 e. The molecule has 34 heavy (non-hydrogen) atoms. The van der Waals surface area contributed by atoms with Crippen molar-refractivity contribution in [2.75, 3.05) is 26.4 Å². The first-order chi connectivity index (χ1) is 16.3. The molecule has 1 saturated heterocycles. The lowest BCUT2D eigenvalue weighted by Crippen LogP contribution is -2.51. The summed E-state index contributed by atoms with van der Waals surface area (Å²) in [5.41, 5.74) is 0.402. The highest BCUT2D eigenvalue weighted by Gasteiger charge is 2.37. The number of rotatable bonds is 5. The number of hydrogen-bond donors (Lipinski definition) is 1. The Balaban J connectivity index is 0.00000103. The number of alkyl halides is 3. The molecule has 3 heterocycles. The van der Waals surface area contributed by atoms with E-state index >= 15 is 0 Å². The van der Waals surface area contributed by atoms with Crippen molar-refractivity contribution in [3.63, 3.8) is 0 Å². The standard InChI is InChI=1S/C22H30F3N3O3.C3H8/c1-2-31-20-13-30-8-6-19(20)27-17-4-3-14(10-17)21(29)28-7-5-18-15(12-28)9-16(11-26-18)22(23,24)25;1-3-2/h9,11,14,17,19-20,27H,2-8,10,12-13H2,1H3;3H2,1-2H3/t14-,17?,19-,20+;/m0./s1. The van der Waals surface area contributed by atoms with Crippen molar-refractivity contribution < 1.29 is 27.4 Å². The first kappa shape index (κ1) is 26.9. The number of hydrogen-bond acceptors (Lipinski definition) is 5. The van der Waals surface area contributed by atoms with Gasteiger partial charge in [-0.2, -0.15) is 13.2 Å². The fourth-order valence-electron chi connectivity index (χ4n) is 4.97. The summed E-state index contributed by atoms with van der Waals surface area (Å²) in [6.07, 6.45) is 1.57. The van der Waals surface area contributed by atoms with Crippen LogP contribution in [-0.4, -0.2) is 60.3 Å². The molecule has 0 aromatic carbocycles. The molecule has 1 N–H and O–H groups in total. The molecule has 0 radical (unpaired) electrons. The molecule has 192 valence electrons. The summed E-state index contributed by atoms with van der Waals surface area (Å²) >= 11 is 0. The van der Waals surface area contributed by atoms with Gasteiger partial charge < -0.3 is 19.7 Å². The molecule has 1 aromatic heterocycles. The van der Waals surface area contributed by atoms with Crippen LogP contribution in [0.2, 0.25) is 0 Å². The SMILES string of the molecule is CCC.CCO[C@@H]1COCC[C@@H]1NC1CC[C@H](C(=O)N2CCc3ncc(C(F)(F)F)cc3C2)C1. The average Bonchev–Trinajstić information content (AvgIpc) is 3.28. The van der Waals surface area contributed by atoms with Gasteiger partial charge in [0.2, 0.25) is 5.91 Å². The van der Waals surface area contributed by atoms with Gasteiger partial charge in [-0.3, -0.25) is 9.78 Å². The molecule has 0 spiro atoms. The van der Waals surface area contributed by atoms with Crippen LogP contribution in [0.15, 0.2) is 12.3 Å². The molecule has 1 saturated carbocycles. The second-order valence-electron chi connectivity index (χ2n) is 9.38. The van der Waals surface area contributed by atoms with E-state index in [-0.39, 0.29) is 36.6 Å². The Kier molecular flexibility index (Phi) is 9.74. The molecule has 2 fully saturated rings. The fraction of sp³-hybridized carbons (Fsp3) is 0.760. The molecule has 1 aromatic rings. The van der Waals surface area contributed by atoms with Crippen LogP contribution in [0, 0.1) is 5.92 Å². The monoisotopic (exact) mass is 485 g/mol. The van der Waals surface area contributed by atoms with Crippen LogP contribution in [0.3, 0.4) is 0 Å². The largest absolute Gasteiger partial charge is 0.417 e. The van der Waals surface area contributed by atoms with Crippen molar-refractivity contribution in [1.82, 2.24) is 15.2 Å². The van der Waals surface area contributed by atoms with E-state index in [4.69, 9.17) is 9.47 Å². The van der Waals surface area contributed by atoms with Gasteiger partial charge in [0.15, 0.2) is 0 Å². The maximum atomic E-state index is 13.1. The first-order valence-corrected chi connectivity index (χ1v) is 12.6. The molecule has 6 nitrogen and oxygen atoms in total. The molecule has 4 atom stereocenters. The zero-order chi connectivity index (χ0) is 24.7. The molecule has 2 aliphatic heterocycles. The number of fused-ring (bicyclic) bond motifs is 1. The van der Waals surface area contributed by atoms with E-state index < -0.39 is 11.7 Å². The van der Waals surface area contributed by atoms with Crippen LogP contribution < -0.4 is 5.32 Å². The van der Waals surface area contributed by atoms with Crippen LogP contribution >= 0.6 is 0 Å². The summed E-state index contributed by atoms with van der Waals surface area (Å²) in [6, 6.07) is 1.61. The maximum Gasteiger partial charge on any atom is 0.417 e. The second-order valence-corrected chi connectivity index (χ2v) is 9.38. The quantitative estimate of drug-likeness (QED) is 0.672. The van der Waals surface area contributed by atoms with Gasteiger partial charge in [0, 0.05) is 62.6 Å². The highest BCUT2D eigenvalue weighted by Crippen LogP contribution is 2.33. The average molecular weight is 486 g/mol. The van der Waals surface area contributed by atoms with Gasteiger partial charge in [-0.25, -0.2) is 0 Å². The summed E-state index contributed by atoms with van der Waals surface area (Å²) in [7, 11) is 0. The number of nitrogens with one attached hydrogen (secondary N) is 1. The molecule has 0 bridgehead atoms. The second kappa shape index (κ2) is 12.3. The highest BCUT2D eigenvalue weighted by atomic mass is 19.4. The zero-order valence-corrected chi connectivity index (χ0v) is 20.5. The summed E-state index contributed by atoms with van der Waals surface area (Å²) in [5, 5.41) is 3.67. The van der Waals surface area contributed by atoms with Gasteiger partial charge in [-0.05, 0) is 44.2 Å². The van der Waals surface area contributed by atoms with E-state index in [1.165, 1.54) is 6.42 Å². The number of aromatic nitrogens is 1. The predicted octanol–water partition coefficient (Wildman–Crippen LogP) is 4.35. The minimum absolute atomic E-state index is 0.0300. The molecule has 4 rings (SSSR count). The molecule has 1 amide bonds. The third kappa shape index (κ3) is 6.92. The summed E-state index contributed by atoms with van der Waals surface area (Å²) in [6.45, 7) is 8.86. The molecule has 9 heteroatoms. The van der Waals surface area contributed by atoms with Crippen molar-refractivity contribution in [2.24, 2.45) is 5.92 Å². The van der Waals surface area contributed by atoms with Crippen molar-refractivity contribution in [3.8, 4) is 0 Å². The Labute approximate surface area is 200 Å². The third-order valence-electron chi connectivity index (χ3n) is 6.60. The van der Waals surface area contributed by atoms with Crippen molar-refractivity contribution >= 4 is 5.91 Å². The Bertz CT molecular complexity index is 803. The van der Waals surface area contributed by atoms with Crippen molar-refractivity contribution in [1.29, 1.82) is 0 Å². The Morgan fingerprint density at radius 1 is 1.26 bits per heavy atom. The lowest BCUT2D eigenvalue weighted by molar-refractivity contribution is -0.137. The Morgan fingerprint density at radius 3 is 2.74 bits per heavy atom. The van der Waals surface area contributed by atoms with Crippen LogP contribution in [-0.2, 0) is 33.4 Å². The van der Waals surface area contributed by atoms with Crippen LogP contribution in [0.4, 0.5) is 13.2 Å². The molecule has 1 unspecified atom stereocenters. The van der Waals surface area contributed by atoms with Gasteiger partial charge in [0.05, 0.1) is 18.3 Å². The van der Waals surface area contributed by atoms with Crippen LogP contribution in [0.5, 0.6) is 0 Å². The van der Waals surface area contributed by atoms with E-state index in [9.17, 15) is 18.0 Å². The minimum atomic E-state index is -4.43. The third-order valence-corrected chi connectivity index (χ3v) is 6.60. The molecule has 3 aliphatic rings. The van der Waals surface area contributed by atoms with Gasteiger partial charge in [0.1, 0.15) is 0 Å². The summed E-state index contributed by atoms with van der Waals surface area (Å²) < 4.78 is 50.4. The number of ether oxygens (including phenoxy) is 2. The van der Waals surface area contributed by atoms with Crippen molar-refractivity contribution in [3.05, 3.63) is 29.1 Å². The van der Waals surface area contributed by atoms with E-state index in [1.807, 2.05) is 6.92 Å². The van der Waals surface area contributed by atoms with E-state index in [1.54, 1.807) is 4.90 Å². The Morgan fingerprint density at radius 2 is 2.03 bits per heavy atom. The number of nitrogens with zero attached hydrogens (tertiary/aromatic N) is 2. The van der Waals surface area contributed by atoms with Gasteiger partial charge in [0.25, 0.3) is 0 Å². The Hall–Kier alpha value is -1.71. The topological polar surface area (TPSA) is 63.7 Å². The van der Waals surface area contributed by atoms with Crippen LogP contribution in [0.1, 0.15) is 69.7 Å². The predicted molar refractivity (Wildman–Crippen MR) is 123 cm³/mol. The van der Waals surface area contributed by atoms with E-state index in [2.05, 4.69) is 24.1 Å². The van der Waals surface area contributed by atoms with Crippen LogP contribution in [0.25, 0.3) is 0 Å². The molecule has 1 aliphatic carbocycles. The number of amides is 1. The summed E-state index contributed by atoms with van der Waals surface area (Å²) in [5.74, 6) is -0.0520. The lowest BCUT2D eigenvalue weighted by Gasteiger charge is -2.34. The van der Waals surface area contributed by atoms with Gasteiger partial charge >= 0.3 is 6.18 Å². The fourth-order valence-corrected chi connectivity index (χ4v) is 4.97. The highest BCUT2D eigenvalue weighted by molar-refractivity contribution is 5.79. The van der Waals surface area contributed by atoms with Gasteiger partial charge in [-0.1, -0.05) is 20.3 Å². The van der Waals surface area contributed by atoms with Gasteiger partial charge in [-0.15, -0.1) is 0 Å². The number of pyridine rings is 1. The zero-order valence-electron chi connectivity index (χ0n) is 20.5. The lowest BCUT2D eigenvalue weighted by atomic mass is 10.00. The van der Waals surface area contributed by atoms with E-state index in [0.717, 1.165) is 37.9 Å². The number of carbonyl (C=O) groups excluding carboxylic acids is 1. The molecular weight excluding hydrogens is 447 g/mol. The number of carbonyl (C=O) groups is 1. The minimum Gasteiger partial charge on any atom is -0.379 e. The normalized spacial score (nSPS) is 27.1. The van der Waals surface area contributed by atoms with Crippen molar-refractivity contribution in [2.45, 2.75) is 90.2 Å². The summed E-state index contributed by atoms with van der Waals surface area (Å²) in [4.78, 5) is 18.8. The first-order valence-electron chi connectivity index (χ1n) is 12.6. The van der Waals surface area contributed by atoms with E-state index in [0.29, 0.717) is 44.0 Å². The number of halogens is 3.